The van der Waals surface area contributed by atoms with Gasteiger partial charge in [-0.2, -0.15) is 0 Å². The van der Waals surface area contributed by atoms with E-state index in [0.29, 0.717) is 23.9 Å². The van der Waals surface area contributed by atoms with Gasteiger partial charge in [-0.05, 0) is 64.2 Å². The monoisotopic (exact) mass is 1250 g/mol. The largest absolute Gasteiger partial charge is 0.477 e. The number of rotatable bonds is 71. The van der Waals surface area contributed by atoms with Crippen molar-refractivity contribution < 1.29 is 42.9 Å². The molecular formula is C80H146NO8+. The zero-order chi connectivity index (χ0) is 64.7. The Bertz CT molecular complexity index is 1690. The minimum absolute atomic E-state index is 0.185. The fraction of sp³-hybridized carbons (Fsp3) is 0.812. The van der Waals surface area contributed by atoms with Crippen LogP contribution in [0, 0.1) is 0 Å². The predicted octanol–water partition coefficient (Wildman–Crippen LogP) is 24.0. The molecule has 0 rings (SSSR count). The third-order valence-corrected chi connectivity index (χ3v) is 17.0. The Morgan fingerprint density at radius 1 is 0.348 bits per heavy atom. The van der Waals surface area contributed by atoms with Crippen LogP contribution < -0.4 is 0 Å². The van der Waals surface area contributed by atoms with Crippen LogP contribution >= 0.6 is 0 Å². The van der Waals surface area contributed by atoms with Crippen LogP contribution in [0.25, 0.3) is 0 Å². The Morgan fingerprint density at radius 3 is 0.955 bits per heavy atom. The zero-order valence-corrected chi connectivity index (χ0v) is 59.3. The van der Waals surface area contributed by atoms with Crippen molar-refractivity contribution in [2.45, 2.75) is 373 Å². The van der Waals surface area contributed by atoms with Gasteiger partial charge in [-0.3, -0.25) is 9.59 Å². The van der Waals surface area contributed by atoms with Crippen molar-refractivity contribution in [1.29, 1.82) is 0 Å². The molecule has 0 aromatic rings. The summed E-state index contributed by atoms with van der Waals surface area (Å²) in [4.78, 5) is 37.7. The maximum Gasteiger partial charge on any atom is 0.361 e. The second kappa shape index (κ2) is 70.6. The molecule has 1 N–H and O–H groups in total. The molecular weight excluding hydrogens is 1100 g/mol. The Kier molecular flexibility index (Phi) is 68.0. The van der Waals surface area contributed by atoms with Crippen molar-refractivity contribution in [1.82, 2.24) is 0 Å². The molecule has 0 saturated carbocycles. The van der Waals surface area contributed by atoms with Gasteiger partial charge < -0.3 is 28.5 Å². The number of hydrogen-bond donors (Lipinski definition) is 1. The fourth-order valence-electron chi connectivity index (χ4n) is 11.2. The van der Waals surface area contributed by atoms with E-state index in [1.165, 1.54) is 244 Å². The first kappa shape index (κ1) is 85.7. The van der Waals surface area contributed by atoms with Crippen LogP contribution in [0.4, 0.5) is 0 Å². The average molecular weight is 1250 g/mol. The smallest absolute Gasteiger partial charge is 0.361 e. The number of likely N-dealkylation sites (N-methyl/N-ethyl adjacent to an activating group) is 1. The molecule has 0 radical (unpaired) electrons. The summed E-state index contributed by atoms with van der Waals surface area (Å²) in [6.45, 7) is 4.80. The fourth-order valence-corrected chi connectivity index (χ4v) is 11.2. The van der Waals surface area contributed by atoms with E-state index in [1.807, 2.05) is 21.1 Å². The van der Waals surface area contributed by atoms with E-state index in [-0.39, 0.29) is 32.2 Å². The summed E-state index contributed by atoms with van der Waals surface area (Å²) >= 11 is 0. The van der Waals surface area contributed by atoms with Crippen LogP contribution in [-0.4, -0.2) is 87.4 Å². The maximum atomic E-state index is 13.0. The number of ether oxygens (including phenoxy) is 4. The topological polar surface area (TPSA) is 108 Å². The number of nitrogens with zero attached hydrogens (tertiary/aromatic N) is 1. The van der Waals surface area contributed by atoms with Gasteiger partial charge in [0.1, 0.15) is 13.2 Å². The van der Waals surface area contributed by atoms with Gasteiger partial charge in [-0.15, -0.1) is 0 Å². The number of allylic oxidation sites excluding steroid dienone is 12. The number of carbonyl (C=O) groups excluding carboxylic acids is 2. The highest BCUT2D eigenvalue weighted by atomic mass is 16.7. The zero-order valence-electron chi connectivity index (χ0n) is 59.3. The highest BCUT2D eigenvalue weighted by Crippen LogP contribution is 2.19. The van der Waals surface area contributed by atoms with Gasteiger partial charge in [-0.25, -0.2) is 4.79 Å². The third-order valence-electron chi connectivity index (χ3n) is 17.0. The van der Waals surface area contributed by atoms with Crippen molar-refractivity contribution in [2.24, 2.45) is 0 Å². The molecule has 0 aliphatic rings. The van der Waals surface area contributed by atoms with E-state index >= 15 is 0 Å². The van der Waals surface area contributed by atoms with Gasteiger partial charge in [0.15, 0.2) is 6.10 Å². The van der Waals surface area contributed by atoms with Crippen LogP contribution in [0.2, 0.25) is 0 Å². The summed E-state index contributed by atoms with van der Waals surface area (Å²) in [5.41, 5.74) is 0. The van der Waals surface area contributed by atoms with Crippen molar-refractivity contribution >= 4 is 17.9 Å². The number of hydrogen-bond acceptors (Lipinski definition) is 7. The van der Waals surface area contributed by atoms with Gasteiger partial charge in [0.05, 0.1) is 34.4 Å². The van der Waals surface area contributed by atoms with E-state index in [4.69, 9.17) is 18.9 Å². The van der Waals surface area contributed by atoms with Crippen LogP contribution in [0.15, 0.2) is 72.9 Å². The molecule has 2 atom stereocenters. The van der Waals surface area contributed by atoms with E-state index < -0.39 is 24.3 Å². The van der Waals surface area contributed by atoms with Crippen LogP contribution in [0.3, 0.4) is 0 Å². The second-order valence-corrected chi connectivity index (χ2v) is 26.9. The van der Waals surface area contributed by atoms with Gasteiger partial charge in [0.25, 0.3) is 6.29 Å². The normalized spacial score (nSPS) is 13.0. The van der Waals surface area contributed by atoms with E-state index in [9.17, 15) is 19.5 Å². The Morgan fingerprint density at radius 2 is 0.640 bits per heavy atom. The maximum absolute atomic E-state index is 13.0. The molecule has 9 nitrogen and oxygen atoms in total. The van der Waals surface area contributed by atoms with Crippen molar-refractivity contribution in [2.75, 3.05) is 47.5 Å². The molecule has 0 aliphatic carbocycles. The molecule has 0 fully saturated rings. The minimum atomic E-state index is -1.52. The molecule has 2 unspecified atom stereocenters. The van der Waals surface area contributed by atoms with Gasteiger partial charge in [-0.1, -0.05) is 356 Å². The van der Waals surface area contributed by atoms with Crippen molar-refractivity contribution in [3.63, 3.8) is 0 Å². The lowest BCUT2D eigenvalue weighted by molar-refractivity contribution is -0.870. The number of carbonyl (C=O) groups is 3. The summed E-state index contributed by atoms with van der Waals surface area (Å²) in [5.74, 6) is -2.00. The molecule has 0 aliphatic heterocycles. The molecule has 0 heterocycles. The van der Waals surface area contributed by atoms with Gasteiger partial charge >= 0.3 is 17.9 Å². The summed E-state index contributed by atoms with van der Waals surface area (Å²) in [7, 11) is 5.98. The van der Waals surface area contributed by atoms with Crippen LogP contribution in [0.1, 0.15) is 361 Å². The highest BCUT2D eigenvalue weighted by molar-refractivity contribution is 5.71. The Hall–Kier alpha value is -3.27. The van der Waals surface area contributed by atoms with Gasteiger partial charge in [0, 0.05) is 12.8 Å². The Labute approximate surface area is 551 Å². The standard InChI is InChI=1S/C80H145NO8/c1-6-8-10-12-14-16-18-20-22-24-26-28-30-32-34-35-36-37-38-39-40-41-42-43-45-46-48-50-52-54-56-58-60-62-64-66-68-70-77(82)87-74-76(75-88-80(79(84)85)86-73-72-81(3,4)5)89-78(83)71-69-67-65-63-61-59-57-55-53-51-49-47-44-33-31-29-27-25-23-21-19-17-15-13-11-9-7-2/h9,11,15,17,21,23,27,29,33,44,49,51,76,80H,6-8,10,12-14,16,18-20,22,24-26,28,30-32,34-43,45-48,50,52-75H2,1-5H3/p+1/b11-9-,17-15-,23-21-,29-27-,44-33-,51-49-. The summed E-state index contributed by atoms with van der Waals surface area (Å²) in [6.07, 6.45) is 91.9. The first-order valence-electron chi connectivity index (χ1n) is 38.1. The molecule has 518 valence electrons. The molecule has 0 bridgehead atoms. The molecule has 0 aromatic carbocycles. The summed E-state index contributed by atoms with van der Waals surface area (Å²) < 4.78 is 23.0. The molecule has 0 amide bonds. The molecule has 0 aromatic heterocycles. The molecule has 0 saturated heterocycles. The third kappa shape index (κ3) is 72.0. The molecule has 9 heteroatoms. The number of aliphatic carboxylic acids is 1. The van der Waals surface area contributed by atoms with E-state index in [1.54, 1.807) is 0 Å². The highest BCUT2D eigenvalue weighted by Gasteiger charge is 2.25. The van der Waals surface area contributed by atoms with Crippen LogP contribution in [0.5, 0.6) is 0 Å². The lowest BCUT2D eigenvalue weighted by Gasteiger charge is -2.25. The lowest BCUT2D eigenvalue weighted by atomic mass is 10.0. The summed E-state index contributed by atoms with van der Waals surface area (Å²) in [6, 6.07) is 0. The van der Waals surface area contributed by atoms with Crippen molar-refractivity contribution in [3.05, 3.63) is 72.9 Å². The van der Waals surface area contributed by atoms with Gasteiger partial charge in [0.2, 0.25) is 0 Å². The van der Waals surface area contributed by atoms with Crippen molar-refractivity contribution in [3.8, 4) is 0 Å². The predicted molar refractivity (Wildman–Crippen MR) is 383 cm³/mol. The summed E-state index contributed by atoms with van der Waals surface area (Å²) in [5, 5.41) is 9.76. The molecule has 89 heavy (non-hydrogen) atoms. The minimum Gasteiger partial charge on any atom is -0.477 e. The average Bonchev–Trinajstić information content (AvgIpc) is 3.64. The first-order valence-corrected chi connectivity index (χ1v) is 38.1. The number of quaternary nitrogens is 1. The number of esters is 2. The lowest BCUT2D eigenvalue weighted by Crippen LogP contribution is -2.40. The number of carboxylic acids is 1. The quantitative estimate of drug-likeness (QED) is 0.0211. The SMILES string of the molecule is CC/C=C\C/C=C\C/C=C\C/C=C\C/C=C\C/C=C\CCCCCCCCCCC(=O)OC(COC(=O)CCCCCCCCCCCCCCCCCCCCCCCCCCCCCCCCCCCCCCC)COC(OCC[N+](C)(C)C)C(=O)O. The Balaban J connectivity index is 4.02. The number of carboxylic acid groups (broad SMARTS) is 1. The second-order valence-electron chi connectivity index (χ2n) is 26.9. The van der Waals surface area contributed by atoms with E-state index in [2.05, 4.69) is 86.8 Å². The van der Waals surface area contributed by atoms with E-state index in [0.717, 1.165) is 83.5 Å². The molecule has 0 spiro atoms. The number of unbranched alkanes of at least 4 members (excludes halogenated alkanes) is 44. The van der Waals surface area contributed by atoms with Crippen LogP contribution in [-0.2, 0) is 33.3 Å². The first-order chi connectivity index (χ1) is 43.6.